The number of amidine groups is 1. The fourth-order valence-electron chi connectivity index (χ4n) is 2.32. The van der Waals surface area contributed by atoms with E-state index in [0.29, 0.717) is 11.3 Å². The summed E-state index contributed by atoms with van der Waals surface area (Å²) >= 11 is 0. The number of carbonyl (C=O) groups excluding carboxylic acids is 1. The van der Waals surface area contributed by atoms with Gasteiger partial charge < -0.3 is 10.6 Å². The Morgan fingerprint density at radius 3 is 2.64 bits per heavy atom. The maximum Gasteiger partial charge on any atom is 0.356 e. The molecule has 3 rings (SSSR count). The Morgan fingerprint density at radius 2 is 2.04 bits per heavy atom. The van der Waals surface area contributed by atoms with E-state index < -0.39 is 18.2 Å². The summed E-state index contributed by atoms with van der Waals surface area (Å²) in [5.41, 5.74) is 6.24. The minimum Gasteiger partial charge on any atom is -0.380 e. The van der Waals surface area contributed by atoms with Crippen LogP contribution in [0.1, 0.15) is 42.1 Å². The van der Waals surface area contributed by atoms with Crippen molar-refractivity contribution in [1.82, 2.24) is 9.78 Å². The van der Waals surface area contributed by atoms with Gasteiger partial charge >= 0.3 is 5.97 Å². The van der Waals surface area contributed by atoms with Crippen LogP contribution in [-0.2, 0) is 16.2 Å². The van der Waals surface area contributed by atoms with Crippen molar-refractivity contribution >= 4 is 11.8 Å². The minimum atomic E-state index is -2.71. The molecule has 0 radical (unpaired) electrons. The molecule has 25 heavy (non-hydrogen) atoms. The number of oxime groups is 1. The molecule has 0 spiro atoms. The topological polar surface area (TPSA) is 82.5 Å². The first-order chi connectivity index (χ1) is 11.9. The number of benzene rings is 1. The van der Waals surface area contributed by atoms with Gasteiger partial charge in [-0.2, -0.15) is 5.10 Å². The summed E-state index contributed by atoms with van der Waals surface area (Å²) in [6, 6.07) is 6.46. The molecule has 0 amide bonds. The van der Waals surface area contributed by atoms with Crippen molar-refractivity contribution < 1.29 is 22.8 Å². The third-order valence-electron chi connectivity index (χ3n) is 3.71. The summed E-state index contributed by atoms with van der Waals surface area (Å²) in [6.45, 7) is -0.348. The van der Waals surface area contributed by atoms with Gasteiger partial charge in [-0.15, -0.1) is 0 Å². The van der Waals surface area contributed by atoms with E-state index in [2.05, 4.69) is 10.3 Å². The van der Waals surface area contributed by atoms with E-state index in [4.69, 9.17) is 10.6 Å². The predicted molar refractivity (Wildman–Crippen MR) is 82.4 cm³/mol. The van der Waals surface area contributed by atoms with E-state index >= 15 is 0 Å². The lowest BCUT2D eigenvalue weighted by molar-refractivity contribution is -0.144. The average Bonchev–Trinajstić information content (AvgIpc) is 3.34. The highest BCUT2D eigenvalue weighted by Gasteiger charge is 2.30. The van der Waals surface area contributed by atoms with Crippen LogP contribution in [-0.4, -0.2) is 21.6 Å². The van der Waals surface area contributed by atoms with Gasteiger partial charge in [0.25, 0.3) is 6.43 Å². The summed E-state index contributed by atoms with van der Waals surface area (Å²) in [7, 11) is 0. The third-order valence-corrected chi connectivity index (χ3v) is 3.71. The summed E-state index contributed by atoms with van der Waals surface area (Å²) in [5, 5.41) is 7.24. The lowest BCUT2D eigenvalue weighted by Crippen LogP contribution is -2.18. The molecule has 6 nitrogen and oxygen atoms in total. The highest BCUT2D eigenvalue weighted by atomic mass is 19.3. The van der Waals surface area contributed by atoms with Gasteiger partial charge in [-0.05, 0) is 43.2 Å². The van der Waals surface area contributed by atoms with Crippen molar-refractivity contribution in [3.63, 3.8) is 0 Å². The number of rotatable bonds is 6. The number of carbonyl (C=O) groups is 1. The third kappa shape index (κ3) is 4.17. The van der Waals surface area contributed by atoms with Gasteiger partial charge in [-0.25, -0.2) is 18.0 Å². The van der Waals surface area contributed by atoms with Crippen LogP contribution in [0.25, 0.3) is 0 Å². The number of aromatic nitrogens is 2. The van der Waals surface area contributed by atoms with Gasteiger partial charge in [0.15, 0.2) is 5.84 Å². The first kappa shape index (κ1) is 17.0. The summed E-state index contributed by atoms with van der Waals surface area (Å²) in [4.78, 5) is 16.6. The van der Waals surface area contributed by atoms with E-state index in [9.17, 15) is 18.0 Å². The van der Waals surface area contributed by atoms with E-state index in [-0.39, 0.29) is 24.0 Å². The number of alkyl halides is 2. The molecular weight excluding hydrogens is 337 g/mol. The highest BCUT2D eigenvalue weighted by Crippen LogP contribution is 2.41. The largest absolute Gasteiger partial charge is 0.380 e. The molecule has 2 aromatic rings. The maximum absolute atomic E-state index is 12.8. The predicted octanol–water partition coefficient (Wildman–Crippen LogP) is 2.70. The minimum absolute atomic E-state index is 0.107. The van der Waals surface area contributed by atoms with Gasteiger partial charge in [0, 0.05) is 17.2 Å². The number of hydrogen-bond donors (Lipinski definition) is 1. The van der Waals surface area contributed by atoms with Crippen molar-refractivity contribution in [2.45, 2.75) is 31.7 Å². The fraction of sp³-hybridized carbons (Fsp3) is 0.312. The second-order valence-corrected chi connectivity index (χ2v) is 5.67. The maximum atomic E-state index is 12.8. The van der Waals surface area contributed by atoms with E-state index in [1.807, 2.05) is 0 Å². The average molecular weight is 352 g/mol. The molecule has 0 atom stereocenters. The zero-order valence-corrected chi connectivity index (χ0v) is 13.0. The molecule has 132 valence electrons. The molecule has 1 aromatic heterocycles. The molecule has 1 aliphatic rings. The Kier molecular flexibility index (Phi) is 4.73. The van der Waals surface area contributed by atoms with E-state index in [1.165, 1.54) is 35.0 Å². The normalized spacial score (nSPS) is 14.8. The first-order valence-corrected chi connectivity index (χ1v) is 7.59. The molecule has 1 saturated carbocycles. The van der Waals surface area contributed by atoms with Gasteiger partial charge in [0.2, 0.25) is 0 Å². The van der Waals surface area contributed by atoms with Crippen LogP contribution < -0.4 is 5.73 Å². The monoisotopic (exact) mass is 352 g/mol. The Hall–Kier alpha value is -2.84. The summed E-state index contributed by atoms with van der Waals surface area (Å²) in [6.07, 6.45) is -0.958. The number of halogens is 3. The van der Waals surface area contributed by atoms with E-state index in [0.717, 1.165) is 12.8 Å². The number of nitrogens with zero attached hydrogens (tertiary/aromatic N) is 3. The Labute approximate surface area is 141 Å². The molecule has 1 fully saturated rings. The van der Waals surface area contributed by atoms with Crippen LogP contribution in [0.5, 0.6) is 0 Å². The zero-order chi connectivity index (χ0) is 18.0. The van der Waals surface area contributed by atoms with Gasteiger partial charge in [-0.3, -0.25) is 4.68 Å². The summed E-state index contributed by atoms with van der Waals surface area (Å²) < 4.78 is 39.6. The molecule has 1 aliphatic carbocycles. The van der Waals surface area contributed by atoms with Crippen LogP contribution in [0.15, 0.2) is 35.5 Å². The molecule has 1 aromatic carbocycles. The van der Waals surface area contributed by atoms with Crippen LogP contribution in [0.3, 0.4) is 0 Å². The first-order valence-electron chi connectivity index (χ1n) is 7.59. The van der Waals surface area contributed by atoms with Crippen molar-refractivity contribution in [3.05, 3.63) is 53.1 Å². The van der Waals surface area contributed by atoms with Crippen LogP contribution in [0, 0.1) is 5.82 Å². The molecule has 0 aliphatic heterocycles. The quantitative estimate of drug-likeness (QED) is 0.375. The van der Waals surface area contributed by atoms with Gasteiger partial charge in [-0.1, -0.05) is 5.16 Å². The van der Waals surface area contributed by atoms with Gasteiger partial charge in [0.05, 0.1) is 0 Å². The van der Waals surface area contributed by atoms with Crippen molar-refractivity contribution in [1.29, 1.82) is 0 Å². The Bertz CT molecular complexity index is 798. The number of hydrogen-bond acceptors (Lipinski definition) is 4. The van der Waals surface area contributed by atoms with E-state index in [1.54, 1.807) is 0 Å². The molecule has 9 heteroatoms. The molecule has 1 heterocycles. The smallest absolute Gasteiger partial charge is 0.356 e. The molecule has 2 N–H and O–H groups in total. The second kappa shape index (κ2) is 6.96. The van der Waals surface area contributed by atoms with Crippen LogP contribution >= 0.6 is 0 Å². The Balaban J connectivity index is 1.66. The summed E-state index contributed by atoms with van der Waals surface area (Å²) in [5.74, 6) is -1.20. The Morgan fingerprint density at radius 1 is 1.36 bits per heavy atom. The van der Waals surface area contributed by atoms with Gasteiger partial charge in [0.1, 0.15) is 18.1 Å². The fourth-order valence-corrected chi connectivity index (χ4v) is 2.32. The molecule has 0 bridgehead atoms. The standard InChI is InChI=1S/C16H15F3N4O2/c17-11-5-3-10(4-6-11)16(20)22-25-14(24)8-23-13(9-1-2-9)7-12(21-23)15(18)19/h3-7,9,15H,1-2,8H2,(H2,20,22). The van der Waals surface area contributed by atoms with Crippen LogP contribution in [0.2, 0.25) is 0 Å². The lowest BCUT2D eigenvalue weighted by atomic mass is 10.2. The zero-order valence-electron chi connectivity index (χ0n) is 13.0. The molecule has 0 saturated heterocycles. The highest BCUT2D eigenvalue weighted by molar-refractivity contribution is 5.97. The second-order valence-electron chi connectivity index (χ2n) is 5.67. The lowest BCUT2D eigenvalue weighted by Gasteiger charge is -2.05. The SMILES string of the molecule is N/C(=N\OC(=O)Cn1nc(C(F)F)cc1C1CC1)c1ccc(F)cc1. The van der Waals surface area contributed by atoms with Crippen molar-refractivity contribution in [2.24, 2.45) is 10.9 Å². The van der Waals surface area contributed by atoms with Crippen molar-refractivity contribution in [2.75, 3.05) is 0 Å². The molecular formula is C16H15F3N4O2. The van der Waals surface area contributed by atoms with Crippen LogP contribution in [0.4, 0.5) is 13.2 Å². The molecule has 0 unspecified atom stereocenters. The van der Waals surface area contributed by atoms with Crippen molar-refractivity contribution in [3.8, 4) is 0 Å². The number of nitrogens with two attached hydrogens (primary N) is 1.